The van der Waals surface area contributed by atoms with Crippen LogP contribution in [0.3, 0.4) is 0 Å². The first-order valence-corrected chi connectivity index (χ1v) is 5.86. The molecule has 1 aliphatic heterocycles. The van der Waals surface area contributed by atoms with Gasteiger partial charge in [-0.25, -0.2) is 0 Å². The van der Waals surface area contributed by atoms with Crippen LogP contribution < -0.4 is 15.4 Å². The largest absolute Gasteiger partial charge is 0.490 e. The molecule has 106 valence electrons. The molecule has 1 aromatic carbocycles. The van der Waals surface area contributed by atoms with Gasteiger partial charge in [0.2, 0.25) is 11.8 Å². The predicted octanol–water partition coefficient (Wildman–Crippen LogP) is 0.442. The minimum Gasteiger partial charge on any atom is -0.490 e. The topological polar surface area (TPSA) is 116 Å². The summed E-state index contributed by atoms with van der Waals surface area (Å²) in [7, 11) is 1.33. The minimum absolute atomic E-state index is 0.0230. The fourth-order valence-electron chi connectivity index (χ4n) is 2.14. The highest BCUT2D eigenvalue weighted by atomic mass is 16.6. The molecule has 20 heavy (non-hydrogen) atoms. The second-order valence-electron chi connectivity index (χ2n) is 4.42. The number of nitro benzene ring substituents is 1. The number of ether oxygens (including phenoxy) is 1. The summed E-state index contributed by atoms with van der Waals surface area (Å²) >= 11 is 0. The molecule has 1 heterocycles. The lowest BCUT2D eigenvalue weighted by molar-refractivity contribution is -0.385. The third-order valence-corrected chi connectivity index (χ3v) is 3.20. The van der Waals surface area contributed by atoms with E-state index < -0.39 is 16.7 Å². The molecule has 1 aliphatic rings. The number of nitrogens with zero attached hydrogens (tertiary/aromatic N) is 2. The van der Waals surface area contributed by atoms with Gasteiger partial charge in [-0.3, -0.25) is 19.7 Å². The van der Waals surface area contributed by atoms with Crippen LogP contribution in [0.15, 0.2) is 18.2 Å². The number of carbonyl (C=O) groups is 2. The Morgan fingerprint density at radius 2 is 2.25 bits per heavy atom. The van der Waals surface area contributed by atoms with Crippen LogP contribution in [0, 0.1) is 16.0 Å². The Morgan fingerprint density at radius 1 is 1.55 bits per heavy atom. The van der Waals surface area contributed by atoms with Crippen molar-refractivity contribution in [1.82, 2.24) is 0 Å². The van der Waals surface area contributed by atoms with Gasteiger partial charge in [0.15, 0.2) is 5.75 Å². The molecule has 1 fully saturated rings. The molecule has 0 aliphatic carbocycles. The number of carbonyl (C=O) groups excluding carboxylic acids is 2. The predicted molar refractivity (Wildman–Crippen MR) is 69.3 cm³/mol. The van der Waals surface area contributed by atoms with Gasteiger partial charge in [-0.05, 0) is 12.1 Å². The SMILES string of the molecule is COc1ccc(N2CC(C(N)=O)CC2=O)cc1[N+](=O)[O-]. The van der Waals surface area contributed by atoms with Crippen LogP contribution >= 0.6 is 0 Å². The van der Waals surface area contributed by atoms with Gasteiger partial charge in [-0.15, -0.1) is 0 Å². The standard InChI is InChI=1S/C12H13N3O5/c1-20-10-3-2-8(5-9(10)15(18)19)14-6-7(12(13)17)4-11(14)16/h2-3,5,7H,4,6H2,1H3,(H2,13,17). The highest BCUT2D eigenvalue weighted by molar-refractivity contribution is 6.00. The number of nitrogens with two attached hydrogens (primary N) is 1. The Kier molecular flexibility index (Phi) is 3.55. The molecule has 2 rings (SSSR count). The van der Waals surface area contributed by atoms with Crippen LogP contribution in [0.4, 0.5) is 11.4 Å². The maximum absolute atomic E-state index is 11.8. The zero-order valence-electron chi connectivity index (χ0n) is 10.7. The van der Waals surface area contributed by atoms with Gasteiger partial charge in [0.05, 0.1) is 23.6 Å². The van der Waals surface area contributed by atoms with Crippen molar-refractivity contribution < 1.29 is 19.2 Å². The Hall–Kier alpha value is -2.64. The van der Waals surface area contributed by atoms with E-state index in [1.165, 1.54) is 30.2 Å². The van der Waals surface area contributed by atoms with Crippen LogP contribution in [-0.4, -0.2) is 30.4 Å². The number of nitro groups is 1. The summed E-state index contributed by atoms with van der Waals surface area (Å²) in [6, 6.07) is 4.20. The fraction of sp³-hybridized carbons (Fsp3) is 0.333. The molecular weight excluding hydrogens is 266 g/mol. The summed E-state index contributed by atoms with van der Waals surface area (Å²) in [5.41, 5.74) is 5.30. The average Bonchev–Trinajstić information content (AvgIpc) is 2.80. The highest BCUT2D eigenvalue weighted by Crippen LogP contribution is 2.33. The van der Waals surface area contributed by atoms with Gasteiger partial charge in [-0.2, -0.15) is 0 Å². The smallest absolute Gasteiger partial charge is 0.312 e. The number of hydrogen-bond donors (Lipinski definition) is 1. The van der Waals surface area contributed by atoms with Crippen LogP contribution in [-0.2, 0) is 9.59 Å². The summed E-state index contributed by atoms with van der Waals surface area (Å²) in [6.45, 7) is 0.137. The van der Waals surface area contributed by atoms with Crippen molar-refractivity contribution in [2.75, 3.05) is 18.6 Å². The Labute approximate surface area is 114 Å². The summed E-state index contributed by atoms with van der Waals surface area (Å²) in [5.74, 6) is -1.29. The van der Waals surface area contributed by atoms with Gasteiger partial charge < -0.3 is 15.4 Å². The maximum Gasteiger partial charge on any atom is 0.312 e. The Balaban J connectivity index is 2.34. The summed E-state index contributed by atoms with van der Waals surface area (Å²) in [5, 5.41) is 10.9. The molecule has 0 aromatic heterocycles. The second-order valence-corrected chi connectivity index (χ2v) is 4.42. The number of anilines is 1. The molecule has 1 saturated heterocycles. The third kappa shape index (κ3) is 2.40. The van der Waals surface area contributed by atoms with E-state index >= 15 is 0 Å². The molecule has 8 heteroatoms. The molecule has 1 unspecified atom stereocenters. The first-order chi connectivity index (χ1) is 9.43. The van der Waals surface area contributed by atoms with Crippen LogP contribution in [0.1, 0.15) is 6.42 Å². The van der Waals surface area contributed by atoms with E-state index in [1.807, 2.05) is 0 Å². The summed E-state index contributed by atoms with van der Waals surface area (Å²) in [4.78, 5) is 34.6. The van der Waals surface area contributed by atoms with E-state index in [4.69, 9.17) is 10.5 Å². The van der Waals surface area contributed by atoms with E-state index in [9.17, 15) is 19.7 Å². The highest BCUT2D eigenvalue weighted by Gasteiger charge is 2.34. The summed E-state index contributed by atoms with van der Waals surface area (Å²) in [6.07, 6.45) is 0.0230. The maximum atomic E-state index is 11.8. The fourth-order valence-corrected chi connectivity index (χ4v) is 2.14. The lowest BCUT2D eigenvalue weighted by Crippen LogP contribution is -2.28. The monoisotopic (exact) mass is 279 g/mol. The van der Waals surface area contributed by atoms with Crippen molar-refractivity contribution in [3.05, 3.63) is 28.3 Å². The van der Waals surface area contributed by atoms with Gasteiger partial charge in [0.25, 0.3) is 0 Å². The van der Waals surface area contributed by atoms with E-state index in [0.29, 0.717) is 5.69 Å². The molecule has 0 bridgehead atoms. The van der Waals surface area contributed by atoms with Crippen molar-refractivity contribution in [3.63, 3.8) is 0 Å². The number of hydrogen-bond acceptors (Lipinski definition) is 5. The van der Waals surface area contributed by atoms with Crippen molar-refractivity contribution in [1.29, 1.82) is 0 Å². The van der Waals surface area contributed by atoms with Crippen LogP contribution in [0.25, 0.3) is 0 Å². The lowest BCUT2D eigenvalue weighted by atomic mass is 10.1. The van der Waals surface area contributed by atoms with Crippen molar-refractivity contribution in [3.8, 4) is 5.75 Å². The minimum atomic E-state index is -0.589. The number of primary amides is 1. The average molecular weight is 279 g/mol. The van der Waals surface area contributed by atoms with E-state index in [1.54, 1.807) is 0 Å². The number of benzene rings is 1. The Morgan fingerprint density at radius 3 is 2.75 bits per heavy atom. The number of rotatable bonds is 4. The third-order valence-electron chi connectivity index (χ3n) is 3.20. The van der Waals surface area contributed by atoms with Crippen molar-refractivity contribution >= 4 is 23.2 Å². The van der Waals surface area contributed by atoms with E-state index in [0.717, 1.165) is 0 Å². The van der Waals surface area contributed by atoms with Crippen molar-refractivity contribution in [2.45, 2.75) is 6.42 Å². The van der Waals surface area contributed by atoms with Crippen molar-refractivity contribution in [2.24, 2.45) is 11.7 Å². The van der Waals surface area contributed by atoms with Crippen LogP contribution in [0.2, 0.25) is 0 Å². The normalized spacial score (nSPS) is 18.1. The van der Waals surface area contributed by atoms with Gasteiger partial charge in [0.1, 0.15) is 0 Å². The molecular formula is C12H13N3O5. The zero-order chi connectivity index (χ0) is 14.9. The number of amides is 2. The quantitative estimate of drug-likeness (QED) is 0.634. The molecule has 0 spiro atoms. The van der Waals surface area contributed by atoms with E-state index in [2.05, 4.69) is 0 Å². The zero-order valence-corrected chi connectivity index (χ0v) is 10.7. The molecule has 2 N–H and O–H groups in total. The van der Waals surface area contributed by atoms with Gasteiger partial charge in [0, 0.05) is 19.0 Å². The first-order valence-electron chi connectivity index (χ1n) is 5.86. The van der Waals surface area contributed by atoms with Gasteiger partial charge in [-0.1, -0.05) is 0 Å². The molecule has 8 nitrogen and oxygen atoms in total. The molecule has 2 amide bonds. The Bertz CT molecular complexity index is 586. The first kappa shape index (κ1) is 13.8. The van der Waals surface area contributed by atoms with E-state index in [-0.39, 0.29) is 30.3 Å². The summed E-state index contributed by atoms with van der Waals surface area (Å²) < 4.78 is 4.89. The number of methoxy groups -OCH3 is 1. The van der Waals surface area contributed by atoms with Crippen LogP contribution in [0.5, 0.6) is 5.75 Å². The van der Waals surface area contributed by atoms with Gasteiger partial charge >= 0.3 is 5.69 Å². The molecule has 1 aromatic rings. The molecule has 0 saturated carbocycles. The second kappa shape index (κ2) is 5.16. The molecule has 1 atom stereocenters. The lowest BCUT2D eigenvalue weighted by Gasteiger charge is -2.16. The molecule has 0 radical (unpaired) electrons.